The monoisotopic (exact) mass is 175 g/mol. The van der Waals surface area contributed by atoms with Gasteiger partial charge in [-0.1, -0.05) is 37.3 Å². The first-order chi connectivity index (χ1) is 5.17. The van der Waals surface area contributed by atoms with Gasteiger partial charge in [0.05, 0.1) is 0 Å². The van der Waals surface area contributed by atoms with E-state index in [-0.39, 0.29) is 29.6 Å². The Kier molecular flexibility index (Phi) is 5.06. The molecule has 1 radical (unpaired) electrons. The van der Waals surface area contributed by atoms with Gasteiger partial charge in [0.15, 0.2) is 5.79 Å². The Morgan fingerprint density at radius 2 is 1.67 bits per heavy atom. The molecule has 0 aliphatic carbocycles. The van der Waals surface area contributed by atoms with Crippen molar-refractivity contribution in [1.82, 2.24) is 0 Å². The second kappa shape index (κ2) is 5.00. The summed E-state index contributed by atoms with van der Waals surface area (Å²) >= 11 is 0. The molecule has 0 aliphatic heterocycles. The van der Waals surface area contributed by atoms with Gasteiger partial charge in [-0.2, -0.15) is 0 Å². The zero-order chi connectivity index (χ0) is 8.32. The Bertz CT molecular complexity index is 221. The fraction of sp³-hybridized carbons (Fsp3) is 0.333. The summed E-state index contributed by atoms with van der Waals surface area (Å²) < 4.78 is 0. The molecule has 2 N–H and O–H groups in total. The van der Waals surface area contributed by atoms with Crippen LogP contribution in [0, 0.1) is 0 Å². The molecule has 12 heavy (non-hydrogen) atoms. The molecule has 0 saturated carbocycles. The van der Waals surface area contributed by atoms with E-state index in [4.69, 9.17) is 0 Å². The van der Waals surface area contributed by atoms with Gasteiger partial charge in [0.1, 0.15) is 0 Å². The summed E-state index contributed by atoms with van der Waals surface area (Å²) in [5.74, 6) is -1.67. The average molecular weight is 175 g/mol. The molecule has 0 amide bonds. The molecule has 0 atom stereocenters. The van der Waals surface area contributed by atoms with Crippen LogP contribution in [0.15, 0.2) is 30.3 Å². The van der Waals surface area contributed by atoms with E-state index >= 15 is 0 Å². The predicted octanol–water partition coefficient (Wildman–Crippen LogP) is 0.853. The van der Waals surface area contributed by atoms with Gasteiger partial charge in [-0.25, -0.2) is 0 Å². The Hall–Kier alpha value is 0.140. The molecule has 0 bridgehead atoms. The van der Waals surface area contributed by atoms with Crippen molar-refractivity contribution in [3.8, 4) is 0 Å². The van der Waals surface area contributed by atoms with Crippen molar-refractivity contribution >= 4 is 29.6 Å². The Balaban J connectivity index is 0.00000121. The third-order valence-corrected chi connectivity index (χ3v) is 1.73. The summed E-state index contributed by atoms with van der Waals surface area (Å²) in [5.41, 5.74) is 0.544. The summed E-state index contributed by atoms with van der Waals surface area (Å²) in [5, 5.41) is 18.7. The fourth-order valence-corrected chi connectivity index (χ4v) is 0.909. The van der Waals surface area contributed by atoms with Crippen molar-refractivity contribution < 1.29 is 10.2 Å². The molecule has 1 aromatic carbocycles. The zero-order valence-corrected chi connectivity index (χ0v) is 9.49. The van der Waals surface area contributed by atoms with Crippen molar-refractivity contribution in [1.29, 1.82) is 0 Å². The van der Waals surface area contributed by atoms with Crippen LogP contribution in [0.3, 0.4) is 0 Å². The zero-order valence-electron chi connectivity index (χ0n) is 7.49. The standard InChI is InChI=1S/C9H12O2.Na/c1-2-9(10,11)8-6-4-3-5-7-8;/h3-7,10-11H,2H2,1H3;. The molecule has 0 heterocycles. The van der Waals surface area contributed by atoms with Crippen LogP contribution >= 0.6 is 0 Å². The van der Waals surface area contributed by atoms with Crippen molar-refractivity contribution in [2.45, 2.75) is 19.1 Å². The fourth-order valence-electron chi connectivity index (χ4n) is 0.909. The third-order valence-electron chi connectivity index (χ3n) is 1.73. The average Bonchev–Trinajstić information content (AvgIpc) is 2.06. The topological polar surface area (TPSA) is 40.5 Å². The quantitative estimate of drug-likeness (QED) is 0.517. The molecule has 0 spiro atoms. The SMILES string of the molecule is CCC(O)(O)c1ccccc1.[Na]. The van der Waals surface area contributed by atoms with Gasteiger partial charge >= 0.3 is 0 Å². The second-order valence-electron chi connectivity index (χ2n) is 2.54. The van der Waals surface area contributed by atoms with Crippen molar-refractivity contribution in [2.75, 3.05) is 0 Å². The van der Waals surface area contributed by atoms with Gasteiger partial charge in [0.25, 0.3) is 0 Å². The van der Waals surface area contributed by atoms with E-state index in [9.17, 15) is 10.2 Å². The number of rotatable bonds is 2. The normalized spacial score (nSPS) is 10.6. The molecule has 0 aromatic heterocycles. The van der Waals surface area contributed by atoms with E-state index in [1.54, 1.807) is 31.2 Å². The number of hydrogen-bond acceptors (Lipinski definition) is 2. The first-order valence-corrected chi connectivity index (χ1v) is 3.67. The molecule has 0 saturated heterocycles. The van der Waals surface area contributed by atoms with Gasteiger partial charge in [-0.3, -0.25) is 0 Å². The number of hydrogen-bond donors (Lipinski definition) is 2. The van der Waals surface area contributed by atoms with E-state index in [2.05, 4.69) is 0 Å². The Morgan fingerprint density at radius 1 is 1.17 bits per heavy atom. The van der Waals surface area contributed by atoms with E-state index in [1.807, 2.05) is 6.07 Å². The first kappa shape index (κ1) is 12.1. The van der Waals surface area contributed by atoms with Crippen molar-refractivity contribution in [3.05, 3.63) is 35.9 Å². The van der Waals surface area contributed by atoms with Gasteiger partial charge in [-0.15, -0.1) is 0 Å². The second-order valence-corrected chi connectivity index (χ2v) is 2.54. The van der Waals surface area contributed by atoms with Crippen molar-refractivity contribution in [2.24, 2.45) is 0 Å². The summed E-state index contributed by atoms with van der Waals surface area (Å²) in [4.78, 5) is 0. The number of aliphatic hydroxyl groups is 2. The Labute approximate surface area is 94.5 Å². The maximum absolute atomic E-state index is 9.35. The van der Waals surface area contributed by atoms with Crippen LogP contribution in [-0.4, -0.2) is 39.8 Å². The summed E-state index contributed by atoms with van der Waals surface area (Å²) in [6.45, 7) is 1.73. The maximum atomic E-state index is 9.35. The van der Waals surface area contributed by atoms with E-state index in [0.29, 0.717) is 12.0 Å². The summed E-state index contributed by atoms with van der Waals surface area (Å²) in [6, 6.07) is 8.81. The molecule has 61 valence electrons. The van der Waals surface area contributed by atoms with Crippen LogP contribution in [0.2, 0.25) is 0 Å². The van der Waals surface area contributed by atoms with Crippen LogP contribution in [0.1, 0.15) is 18.9 Å². The Morgan fingerprint density at radius 3 is 2.08 bits per heavy atom. The van der Waals surface area contributed by atoms with Crippen LogP contribution < -0.4 is 0 Å². The molecular formula is C9H12NaO2. The van der Waals surface area contributed by atoms with Gasteiger partial charge in [0, 0.05) is 41.5 Å². The molecule has 0 unspecified atom stereocenters. The minimum Gasteiger partial charge on any atom is -0.362 e. The minimum atomic E-state index is -1.67. The molecule has 0 fully saturated rings. The van der Waals surface area contributed by atoms with Gasteiger partial charge in [-0.05, 0) is 0 Å². The number of benzene rings is 1. The predicted molar refractivity (Wildman–Crippen MR) is 48.6 cm³/mol. The minimum absolute atomic E-state index is 0. The summed E-state index contributed by atoms with van der Waals surface area (Å²) in [7, 11) is 0. The van der Waals surface area contributed by atoms with E-state index in [1.165, 1.54) is 0 Å². The maximum Gasteiger partial charge on any atom is 0.189 e. The van der Waals surface area contributed by atoms with Crippen LogP contribution in [0.5, 0.6) is 0 Å². The molecule has 0 aliphatic rings. The van der Waals surface area contributed by atoms with Gasteiger partial charge in [0.2, 0.25) is 0 Å². The van der Waals surface area contributed by atoms with Crippen molar-refractivity contribution in [3.63, 3.8) is 0 Å². The van der Waals surface area contributed by atoms with Crippen LogP contribution in [-0.2, 0) is 5.79 Å². The van der Waals surface area contributed by atoms with Crippen LogP contribution in [0.25, 0.3) is 0 Å². The smallest absolute Gasteiger partial charge is 0.189 e. The molecule has 2 nitrogen and oxygen atoms in total. The largest absolute Gasteiger partial charge is 0.362 e. The summed E-state index contributed by atoms with van der Waals surface area (Å²) in [6.07, 6.45) is 0.303. The van der Waals surface area contributed by atoms with Gasteiger partial charge < -0.3 is 10.2 Å². The van der Waals surface area contributed by atoms with E-state index in [0.717, 1.165) is 0 Å². The molecule has 1 rings (SSSR count). The molecular weight excluding hydrogens is 163 g/mol. The van der Waals surface area contributed by atoms with E-state index < -0.39 is 5.79 Å². The molecule has 1 aromatic rings. The molecule has 3 heteroatoms. The first-order valence-electron chi connectivity index (χ1n) is 3.67. The third kappa shape index (κ3) is 2.88. The van der Waals surface area contributed by atoms with Crippen LogP contribution in [0.4, 0.5) is 0 Å².